The number of nitrogens with one attached hydrogen (secondary N) is 1. The second-order valence-corrected chi connectivity index (χ2v) is 9.11. The topological polar surface area (TPSA) is 41.6 Å². The minimum atomic E-state index is 0.940. The van der Waals surface area contributed by atoms with Crippen molar-refractivity contribution in [2.24, 2.45) is 0 Å². The molecule has 1 N–H and O–H groups in total. The molecule has 0 saturated carbocycles. The van der Waals surface area contributed by atoms with Crippen LogP contribution in [0.4, 0.5) is 0 Å². The summed E-state index contributed by atoms with van der Waals surface area (Å²) in [6, 6.07) is 0. The average Bonchev–Trinajstić information content (AvgIpc) is 3.16. The van der Waals surface area contributed by atoms with Gasteiger partial charge in [0.2, 0.25) is 5.16 Å². The Morgan fingerprint density at radius 2 is 1.36 bits per heavy atom. The predicted molar refractivity (Wildman–Crippen MR) is 125 cm³/mol. The van der Waals surface area contributed by atoms with Gasteiger partial charge in [0.05, 0.1) is 0 Å². The number of nitrogens with zero attached hydrogens (tertiary/aromatic N) is 2. The van der Waals surface area contributed by atoms with Gasteiger partial charge >= 0.3 is 0 Å². The first kappa shape index (κ1) is 25.3. The summed E-state index contributed by atoms with van der Waals surface area (Å²) in [7, 11) is 0. The Hall–Kier alpha value is -0.770. The Kier molecular flexibility index (Phi) is 17.6. The van der Waals surface area contributed by atoms with E-state index in [4.69, 9.17) is 0 Å². The molecule has 0 spiro atoms. The number of rotatable bonds is 21. The highest BCUT2D eigenvalue weighted by Crippen LogP contribution is 2.17. The van der Waals surface area contributed by atoms with E-state index in [-0.39, 0.29) is 0 Å². The summed E-state index contributed by atoms with van der Waals surface area (Å²) in [6.07, 6.45) is 26.0. The van der Waals surface area contributed by atoms with Gasteiger partial charge in [0.15, 0.2) is 0 Å². The number of aromatic amines is 1. The summed E-state index contributed by atoms with van der Waals surface area (Å²) < 4.78 is 0. The molecule has 0 aliphatic rings. The van der Waals surface area contributed by atoms with Crippen molar-refractivity contribution in [3.63, 3.8) is 0 Å². The van der Waals surface area contributed by atoms with E-state index in [0.29, 0.717) is 0 Å². The second-order valence-electron chi connectivity index (χ2n) is 8.04. The van der Waals surface area contributed by atoms with Gasteiger partial charge in [-0.2, -0.15) is 0 Å². The normalized spacial score (nSPS) is 11.2. The molecule has 4 heteroatoms. The number of allylic oxidation sites excluding steroid dienone is 1. The average molecular weight is 408 g/mol. The van der Waals surface area contributed by atoms with Crippen LogP contribution in [0.25, 0.3) is 0 Å². The van der Waals surface area contributed by atoms with Crippen molar-refractivity contribution in [2.45, 2.75) is 128 Å². The van der Waals surface area contributed by atoms with Gasteiger partial charge in [-0.25, -0.2) is 4.98 Å². The predicted octanol–water partition coefficient (Wildman–Crippen LogP) is 8.28. The molecule has 0 fully saturated rings. The van der Waals surface area contributed by atoms with Crippen molar-refractivity contribution in [3.05, 3.63) is 18.5 Å². The Labute approximate surface area is 179 Å². The molecule has 0 bridgehead atoms. The highest BCUT2D eigenvalue weighted by molar-refractivity contribution is 7.99. The maximum absolute atomic E-state index is 4.64. The van der Waals surface area contributed by atoms with Crippen LogP contribution < -0.4 is 0 Å². The number of hydrogen-bond acceptors (Lipinski definition) is 3. The van der Waals surface area contributed by atoms with E-state index in [2.05, 4.69) is 28.7 Å². The number of H-pyrrole nitrogens is 1. The third kappa shape index (κ3) is 15.2. The van der Waals surface area contributed by atoms with E-state index in [1.165, 1.54) is 103 Å². The van der Waals surface area contributed by atoms with Crippen LogP contribution in [0.15, 0.2) is 17.8 Å². The molecule has 1 aromatic heterocycles. The molecule has 1 heterocycles. The van der Waals surface area contributed by atoms with E-state index >= 15 is 0 Å². The zero-order valence-corrected chi connectivity index (χ0v) is 19.3. The van der Waals surface area contributed by atoms with Crippen molar-refractivity contribution in [1.29, 1.82) is 0 Å². The number of aryl methyl sites for hydroxylation is 1. The van der Waals surface area contributed by atoms with E-state index < -0.39 is 0 Å². The molecule has 28 heavy (non-hydrogen) atoms. The number of thioether (sulfide) groups is 1. The Morgan fingerprint density at radius 1 is 0.786 bits per heavy atom. The zero-order valence-electron chi connectivity index (χ0n) is 18.5. The SMILES string of the molecule is C=CCCCCCCCCc1nc(SCCCCCCCCCCCC)n[nH]1. The molecule has 3 nitrogen and oxygen atoms in total. The maximum Gasteiger partial charge on any atom is 0.208 e. The Morgan fingerprint density at radius 3 is 2.00 bits per heavy atom. The fourth-order valence-corrected chi connectivity index (χ4v) is 4.31. The fourth-order valence-electron chi connectivity index (χ4n) is 3.50. The molecule has 0 amide bonds. The molecular weight excluding hydrogens is 362 g/mol. The molecule has 0 aromatic carbocycles. The fraction of sp³-hybridized carbons (Fsp3) is 0.833. The Bertz CT molecular complexity index is 458. The molecule has 0 unspecified atom stereocenters. The largest absolute Gasteiger partial charge is 0.262 e. The number of aromatic nitrogens is 3. The quantitative estimate of drug-likeness (QED) is 0.127. The van der Waals surface area contributed by atoms with E-state index in [1.807, 2.05) is 17.8 Å². The van der Waals surface area contributed by atoms with Crippen LogP contribution in [0.5, 0.6) is 0 Å². The lowest BCUT2D eigenvalue weighted by Crippen LogP contribution is -1.89. The van der Waals surface area contributed by atoms with Crippen LogP contribution >= 0.6 is 11.8 Å². The smallest absolute Gasteiger partial charge is 0.208 e. The summed E-state index contributed by atoms with van der Waals surface area (Å²) in [5.74, 6) is 2.22. The summed E-state index contributed by atoms with van der Waals surface area (Å²) in [5, 5.41) is 8.43. The highest BCUT2D eigenvalue weighted by atomic mass is 32.2. The molecule has 0 radical (unpaired) electrons. The van der Waals surface area contributed by atoms with Gasteiger partial charge in [-0.3, -0.25) is 5.10 Å². The maximum atomic E-state index is 4.64. The van der Waals surface area contributed by atoms with Crippen molar-refractivity contribution in [2.75, 3.05) is 5.75 Å². The molecule has 1 rings (SSSR count). The van der Waals surface area contributed by atoms with Gasteiger partial charge < -0.3 is 0 Å². The van der Waals surface area contributed by atoms with E-state index in [0.717, 1.165) is 29.6 Å². The van der Waals surface area contributed by atoms with E-state index in [9.17, 15) is 0 Å². The lowest BCUT2D eigenvalue weighted by atomic mass is 10.1. The van der Waals surface area contributed by atoms with Crippen molar-refractivity contribution in [1.82, 2.24) is 15.2 Å². The van der Waals surface area contributed by atoms with Crippen LogP contribution in [0.3, 0.4) is 0 Å². The first-order valence-corrected chi connectivity index (χ1v) is 13.0. The van der Waals surface area contributed by atoms with Gasteiger partial charge in [-0.15, -0.1) is 11.7 Å². The standard InChI is InChI=1S/C24H45N3S/c1-3-5-7-9-11-13-14-16-18-20-22-28-24-25-23(26-27-24)21-19-17-15-12-10-8-6-4-2/h4H,2-3,5-22H2,1H3,(H,25,26,27). The Balaban J connectivity index is 1.89. The van der Waals surface area contributed by atoms with E-state index in [1.54, 1.807) is 0 Å². The van der Waals surface area contributed by atoms with Gasteiger partial charge in [0.1, 0.15) is 5.82 Å². The molecule has 0 aliphatic carbocycles. The van der Waals surface area contributed by atoms with Crippen LogP contribution in [-0.2, 0) is 6.42 Å². The summed E-state index contributed by atoms with van der Waals surface area (Å²) in [6.45, 7) is 6.06. The van der Waals surface area contributed by atoms with Crippen molar-refractivity contribution >= 4 is 11.8 Å². The van der Waals surface area contributed by atoms with Crippen LogP contribution in [0, 0.1) is 0 Å². The lowest BCUT2D eigenvalue weighted by Gasteiger charge is -2.01. The van der Waals surface area contributed by atoms with Crippen molar-refractivity contribution < 1.29 is 0 Å². The summed E-state index contributed by atoms with van der Waals surface area (Å²) >= 11 is 1.81. The zero-order chi connectivity index (χ0) is 20.1. The summed E-state index contributed by atoms with van der Waals surface area (Å²) in [5.41, 5.74) is 0. The molecule has 0 saturated heterocycles. The van der Waals surface area contributed by atoms with Gasteiger partial charge in [-0.1, -0.05) is 108 Å². The number of unbranched alkanes of at least 4 members (excludes halogenated alkanes) is 15. The molecule has 0 aliphatic heterocycles. The highest BCUT2D eigenvalue weighted by Gasteiger charge is 2.04. The summed E-state index contributed by atoms with van der Waals surface area (Å²) in [4.78, 5) is 4.64. The van der Waals surface area contributed by atoms with Crippen LogP contribution in [-0.4, -0.2) is 20.9 Å². The van der Waals surface area contributed by atoms with Gasteiger partial charge in [0, 0.05) is 12.2 Å². The first-order chi connectivity index (χ1) is 13.9. The molecule has 162 valence electrons. The minimum Gasteiger partial charge on any atom is -0.262 e. The van der Waals surface area contributed by atoms with Gasteiger partial charge in [-0.05, 0) is 25.7 Å². The van der Waals surface area contributed by atoms with Crippen LogP contribution in [0.2, 0.25) is 0 Å². The minimum absolute atomic E-state index is 0.940. The molecule has 1 aromatic rings. The number of hydrogen-bond donors (Lipinski definition) is 1. The molecular formula is C24H45N3S. The monoisotopic (exact) mass is 407 g/mol. The third-order valence-corrected chi connectivity index (χ3v) is 6.25. The van der Waals surface area contributed by atoms with Gasteiger partial charge in [0.25, 0.3) is 0 Å². The lowest BCUT2D eigenvalue weighted by molar-refractivity contribution is 0.563. The second kappa shape index (κ2) is 19.5. The van der Waals surface area contributed by atoms with Crippen LogP contribution in [0.1, 0.15) is 122 Å². The molecule has 0 atom stereocenters. The third-order valence-electron chi connectivity index (χ3n) is 5.31. The van der Waals surface area contributed by atoms with Crippen molar-refractivity contribution in [3.8, 4) is 0 Å². The first-order valence-electron chi connectivity index (χ1n) is 12.0.